The molecule has 1 aliphatic heterocycles. The first-order valence-corrected chi connectivity index (χ1v) is 9.84. The minimum absolute atomic E-state index is 0.193. The molecule has 1 amide bonds. The third kappa shape index (κ3) is 4.28. The maximum absolute atomic E-state index is 12.2. The van der Waals surface area contributed by atoms with Gasteiger partial charge in [-0.05, 0) is 12.1 Å². The maximum atomic E-state index is 12.2. The third-order valence-corrected chi connectivity index (χ3v) is 5.19. The summed E-state index contributed by atoms with van der Waals surface area (Å²) in [6.45, 7) is 1.38. The van der Waals surface area contributed by atoms with Gasteiger partial charge in [0.05, 0.1) is 12.7 Å². The largest absolute Gasteiger partial charge is 0.486 e. The summed E-state index contributed by atoms with van der Waals surface area (Å²) in [6, 6.07) is 7.54. The van der Waals surface area contributed by atoms with E-state index in [0.717, 1.165) is 16.7 Å². The monoisotopic (exact) mass is 400 g/mol. The van der Waals surface area contributed by atoms with Crippen LogP contribution in [0, 0.1) is 0 Å². The SMILES string of the molecule is Cn1ccnc1SCCNC(=O)c1cn(CC2COc3ccccc3O2)nn1. The molecule has 0 aliphatic carbocycles. The van der Waals surface area contributed by atoms with Crippen molar-refractivity contribution in [1.82, 2.24) is 29.9 Å². The molecule has 0 bridgehead atoms. The van der Waals surface area contributed by atoms with Crippen molar-refractivity contribution >= 4 is 17.7 Å². The summed E-state index contributed by atoms with van der Waals surface area (Å²) in [5, 5.41) is 11.7. The van der Waals surface area contributed by atoms with Gasteiger partial charge in [0.25, 0.3) is 5.91 Å². The number of hydrogen-bond acceptors (Lipinski definition) is 7. The molecule has 4 rings (SSSR count). The van der Waals surface area contributed by atoms with Gasteiger partial charge in [-0.25, -0.2) is 9.67 Å². The van der Waals surface area contributed by atoms with Crippen LogP contribution in [0.2, 0.25) is 0 Å². The molecule has 3 heterocycles. The molecule has 3 aromatic rings. The molecule has 1 unspecified atom stereocenters. The Labute approximate surface area is 166 Å². The molecule has 0 saturated carbocycles. The van der Waals surface area contributed by atoms with Crippen molar-refractivity contribution in [1.29, 1.82) is 0 Å². The van der Waals surface area contributed by atoms with Crippen molar-refractivity contribution in [3.05, 3.63) is 48.5 Å². The Morgan fingerprint density at radius 1 is 1.36 bits per heavy atom. The van der Waals surface area contributed by atoms with Gasteiger partial charge < -0.3 is 19.4 Å². The number of carbonyl (C=O) groups is 1. The number of nitrogens with zero attached hydrogens (tertiary/aromatic N) is 5. The molecule has 1 atom stereocenters. The number of nitrogens with one attached hydrogen (secondary N) is 1. The number of benzene rings is 1. The van der Waals surface area contributed by atoms with E-state index in [0.29, 0.717) is 25.4 Å². The molecule has 2 aromatic heterocycles. The van der Waals surface area contributed by atoms with Crippen molar-refractivity contribution in [2.75, 3.05) is 18.9 Å². The number of aryl methyl sites for hydroxylation is 1. The quantitative estimate of drug-likeness (QED) is 0.473. The summed E-state index contributed by atoms with van der Waals surface area (Å²) < 4.78 is 15.1. The molecular weight excluding hydrogens is 380 g/mol. The normalized spacial score (nSPS) is 15.4. The van der Waals surface area contributed by atoms with Crippen LogP contribution in [0.15, 0.2) is 48.0 Å². The first-order chi connectivity index (χ1) is 13.7. The molecule has 146 valence electrons. The van der Waals surface area contributed by atoms with Crippen molar-refractivity contribution < 1.29 is 14.3 Å². The highest BCUT2D eigenvalue weighted by atomic mass is 32.2. The van der Waals surface area contributed by atoms with Crippen LogP contribution in [0.1, 0.15) is 10.5 Å². The number of fused-ring (bicyclic) bond motifs is 1. The highest BCUT2D eigenvalue weighted by molar-refractivity contribution is 7.99. The average Bonchev–Trinajstić information content (AvgIpc) is 3.34. The van der Waals surface area contributed by atoms with Crippen LogP contribution < -0.4 is 14.8 Å². The number of para-hydroxylation sites is 2. The molecule has 10 heteroatoms. The van der Waals surface area contributed by atoms with E-state index in [1.54, 1.807) is 28.8 Å². The lowest BCUT2D eigenvalue weighted by Gasteiger charge is -2.26. The number of rotatable bonds is 7. The van der Waals surface area contributed by atoms with Crippen molar-refractivity contribution in [3.8, 4) is 11.5 Å². The van der Waals surface area contributed by atoms with Gasteiger partial charge in [-0.15, -0.1) is 5.10 Å². The standard InChI is InChI=1S/C18H20N6O3S/c1-23-8-6-20-18(23)28-9-7-19-17(25)14-11-24(22-21-14)10-13-12-26-15-4-2-3-5-16(15)27-13/h2-6,8,11,13H,7,9-10,12H2,1H3,(H,19,25). The lowest BCUT2D eigenvalue weighted by molar-refractivity contribution is 0.0754. The minimum Gasteiger partial charge on any atom is -0.486 e. The Morgan fingerprint density at radius 2 is 2.21 bits per heavy atom. The van der Waals surface area contributed by atoms with E-state index in [1.807, 2.05) is 42.1 Å². The van der Waals surface area contributed by atoms with Gasteiger partial charge in [0.15, 0.2) is 28.5 Å². The highest BCUT2D eigenvalue weighted by Gasteiger charge is 2.22. The number of carbonyl (C=O) groups excluding carboxylic acids is 1. The molecule has 1 N–H and O–H groups in total. The van der Waals surface area contributed by atoms with Gasteiger partial charge in [-0.1, -0.05) is 29.1 Å². The van der Waals surface area contributed by atoms with Gasteiger partial charge in [0.1, 0.15) is 6.61 Å². The summed E-state index contributed by atoms with van der Waals surface area (Å²) in [7, 11) is 1.94. The first kappa shape index (κ1) is 18.4. The first-order valence-electron chi connectivity index (χ1n) is 8.86. The molecule has 1 aliphatic rings. The predicted octanol–water partition coefficient (Wildman–Crippen LogP) is 1.37. The van der Waals surface area contributed by atoms with Crippen LogP contribution in [0.4, 0.5) is 0 Å². The summed E-state index contributed by atoms with van der Waals surface area (Å²) in [6.07, 6.45) is 5.06. The zero-order valence-corrected chi connectivity index (χ0v) is 16.1. The number of thioether (sulfide) groups is 1. The number of hydrogen-bond donors (Lipinski definition) is 1. The van der Waals surface area contributed by atoms with Gasteiger partial charge in [0, 0.05) is 31.7 Å². The second-order valence-corrected chi connectivity index (χ2v) is 7.31. The molecule has 0 fully saturated rings. The third-order valence-electron chi connectivity index (χ3n) is 4.13. The smallest absolute Gasteiger partial charge is 0.273 e. The van der Waals surface area contributed by atoms with Crippen LogP contribution in [0.5, 0.6) is 11.5 Å². The molecular formula is C18H20N6O3S. The molecule has 0 spiro atoms. The van der Waals surface area contributed by atoms with E-state index in [2.05, 4.69) is 20.6 Å². The maximum Gasteiger partial charge on any atom is 0.273 e. The topological polar surface area (TPSA) is 96.1 Å². The van der Waals surface area contributed by atoms with Crippen LogP contribution in [-0.2, 0) is 13.6 Å². The second-order valence-electron chi connectivity index (χ2n) is 6.25. The zero-order chi connectivity index (χ0) is 19.3. The number of aromatic nitrogens is 5. The summed E-state index contributed by atoms with van der Waals surface area (Å²) in [5.74, 6) is 1.91. The van der Waals surface area contributed by atoms with E-state index >= 15 is 0 Å². The lowest BCUT2D eigenvalue weighted by atomic mass is 10.2. The lowest BCUT2D eigenvalue weighted by Crippen LogP contribution is -2.33. The van der Waals surface area contributed by atoms with Crippen molar-refractivity contribution in [3.63, 3.8) is 0 Å². The fraction of sp³-hybridized carbons (Fsp3) is 0.333. The van der Waals surface area contributed by atoms with E-state index in [4.69, 9.17) is 9.47 Å². The molecule has 9 nitrogen and oxygen atoms in total. The fourth-order valence-electron chi connectivity index (χ4n) is 2.74. The molecule has 0 saturated heterocycles. The van der Waals surface area contributed by atoms with Crippen LogP contribution in [0.3, 0.4) is 0 Å². The molecule has 0 radical (unpaired) electrons. The van der Waals surface area contributed by atoms with Gasteiger partial charge in [0.2, 0.25) is 0 Å². The fourth-order valence-corrected chi connectivity index (χ4v) is 3.53. The van der Waals surface area contributed by atoms with E-state index in [-0.39, 0.29) is 17.7 Å². The van der Waals surface area contributed by atoms with Crippen LogP contribution in [-0.4, -0.2) is 55.5 Å². The van der Waals surface area contributed by atoms with Crippen molar-refractivity contribution in [2.24, 2.45) is 7.05 Å². The van der Waals surface area contributed by atoms with Crippen LogP contribution in [0.25, 0.3) is 0 Å². The van der Waals surface area contributed by atoms with Gasteiger partial charge in [-0.2, -0.15) is 0 Å². The Morgan fingerprint density at radius 3 is 3.04 bits per heavy atom. The number of imidazole rings is 1. The Bertz CT molecular complexity index is 956. The van der Waals surface area contributed by atoms with Crippen LogP contribution >= 0.6 is 11.8 Å². The predicted molar refractivity (Wildman–Crippen MR) is 103 cm³/mol. The summed E-state index contributed by atoms with van der Waals surface area (Å²) >= 11 is 1.58. The summed E-state index contributed by atoms with van der Waals surface area (Å²) in [4.78, 5) is 16.5. The minimum atomic E-state index is -0.252. The zero-order valence-electron chi connectivity index (χ0n) is 15.3. The number of ether oxygens (including phenoxy) is 2. The summed E-state index contributed by atoms with van der Waals surface area (Å²) in [5.41, 5.74) is 0.277. The Kier molecular flexibility index (Phi) is 5.47. The van der Waals surface area contributed by atoms with Gasteiger partial charge in [-0.3, -0.25) is 4.79 Å². The molecule has 28 heavy (non-hydrogen) atoms. The Hall–Kier alpha value is -3.01. The molecule has 1 aromatic carbocycles. The average molecular weight is 400 g/mol. The van der Waals surface area contributed by atoms with Gasteiger partial charge >= 0.3 is 0 Å². The number of amides is 1. The van der Waals surface area contributed by atoms with Crippen molar-refractivity contribution in [2.45, 2.75) is 17.8 Å². The Balaban J connectivity index is 1.25. The van der Waals surface area contributed by atoms with E-state index in [9.17, 15) is 4.79 Å². The highest BCUT2D eigenvalue weighted by Crippen LogP contribution is 2.31. The second kappa shape index (κ2) is 8.34. The van der Waals surface area contributed by atoms with E-state index < -0.39 is 0 Å². The van der Waals surface area contributed by atoms with E-state index in [1.165, 1.54) is 0 Å².